The highest BCUT2D eigenvalue weighted by Crippen LogP contribution is 2.41. The topological polar surface area (TPSA) is 62.3 Å². The number of aromatic nitrogens is 1. The first kappa shape index (κ1) is 18.6. The lowest BCUT2D eigenvalue weighted by molar-refractivity contribution is -0.122. The van der Waals surface area contributed by atoms with E-state index >= 15 is 0 Å². The van der Waals surface area contributed by atoms with E-state index in [1.54, 1.807) is 17.3 Å². The number of nitrogens with one attached hydrogen (secondary N) is 1. The number of hydrogen-bond donors (Lipinski definition) is 1. The highest BCUT2D eigenvalue weighted by molar-refractivity contribution is 5.94. The summed E-state index contributed by atoms with van der Waals surface area (Å²) in [5, 5.41) is 3.15. The van der Waals surface area contributed by atoms with Gasteiger partial charge in [-0.05, 0) is 61.1 Å². The molecule has 2 aromatic rings. The molecule has 146 valence electrons. The molecule has 1 saturated heterocycles. The summed E-state index contributed by atoms with van der Waals surface area (Å²) in [5.74, 6) is 0.433. The van der Waals surface area contributed by atoms with Crippen molar-refractivity contribution in [2.24, 2.45) is 11.8 Å². The van der Waals surface area contributed by atoms with Crippen LogP contribution in [0.3, 0.4) is 0 Å². The number of aryl methyl sites for hydroxylation is 1. The first-order valence-corrected chi connectivity index (χ1v) is 9.83. The minimum Gasteiger partial charge on any atom is -0.351 e. The van der Waals surface area contributed by atoms with Gasteiger partial charge in [0.25, 0.3) is 5.91 Å². The Hall–Kier alpha value is -2.76. The second kappa shape index (κ2) is 8.09. The summed E-state index contributed by atoms with van der Waals surface area (Å²) < 4.78 is 13.1. The lowest BCUT2D eigenvalue weighted by atomic mass is 9.98. The van der Waals surface area contributed by atoms with Gasteiger partial charge in [-0.15, -0.1) is 0 Å². The van der Waals surface area contributed by atoms with Crippen molar-refractivity contribution in [3.05, 3.63) is 65.7 Å². The van der Waals surface area contributed by atoms with Gasteiger partial charge in [0.05, 0.1) is 6.04 Å². The number of pyridine rings is 1. The largest absolute Gasteiger partial charge is 0.351 e. The molecule has 0 bridgehead atoms. The van der Waals surface area contributed by atoms with Gasteiger partial charge in [0.1, 0.15) is 5.82 Å². The number of amides is 2. The number of halogens is 1. The normalized spacial score (nSPS) is 21.5. The molecule has 4 rings (SSSR count). The molecule has 0 spiro atoms. The Morgan fingerprint density at radius 3 is 2.61 bits per heavy atom. The Labute approximate surface area is 164 Å². The van der Waals surface area contributed by atoms with Crippen LogP contribution in [0.1, 0.15) is 35.2 Å². The van der Waals surface area contributed by atoms with Crippen LogP contribution in [-0.4, -0.2) is 40.8 Å². The standard InChI is InChI=1S/C22H24FN3O2/c23-18-8-6-17(7-9-18)22(28)26-13-19(16-4-5-16)20(14-26)25-21(27)10-3-15-2-1-11-24-12-15/h1-2,6-9,11-12,16,19-20H,3-5,10,13-14H2,(H,25,27). The van der Waals surface area contributed by atoms with Gasteiger partial charge in [0, 0.05) is 43.4 Å². The first-order chi connectivity index (χ1) is 13.6. The van der Waals surface area contributed by atoms with Crippen LogP contribution in [0.15, 0.2) is 48.8 Å². The Morgan fingerprint density at radius 1 is 1.14 bits per heavy atom. The maximum Gasteiger partial charge on any atom is 0.253 e. The molecule has 2 amide bonds. The molecular weight excluding hydrogens is 357 g/mol. The Bertz CT molecular complexity index is 837. The summed E-state index contributed by atoms with van der Waals surface area (Å²) in [6.07, 6.45) is 6.87. The molecular formula is C22H24FN3O2. The smallest absolute Gasteiger partial charge is 0.253 e. The minimum absolute atomic E-state index is 0.00980. The predicted octanol–water partition coefficient (Wildman–Crippen LogP) is 2.82. The molecule has 2 unspecified atom stereocenters. The van der Waals surface area contributed by atoms with Gasteiger partial charge in [0.2, 0.25) is 5.91 Å². The van der Waals surface area contributed by atoms with Crippen molar-refractivity contribution in [2.75, 3.05) is 13.1 Å². The number of rotatable bonds is 6. The molecule has 1 saturated carbocycles. The molecule has 2 fully saturated rings. The van der Waals surface area contributed by atoms with Crippen LogP contribution >= 0.6 is 0 Å². The fraction of sp³-hybridized carbons (Fsp3) is 0.409. The average molecular weight is 381 g/mol. The lowest BCUT2D eigenvalue weighted by Gasteiger charge is -2.19. The van der Waals surface area contributed by atoms with E-state index in [0.29, 0.717) is 43.3 Å². The van der Waals surface area contributed by atoms with Gasteiger partial charge in [-0.2, -0.15) is 0 Å². The van der Waals surface area contributed by atoms with Crippen LogP contribution in [0.2, 0.25) is 0 Å². The van der Waals surface area contributed by atoms with Gasteiger partial charge in [-0.25, -0.2) is 4.39 Å². The summed E-state index contributed by atoms with van der Waals surface area (Å²) in [4.78, 5) is 31.1. The fourth-order valence-electron chi connectivity index (χ4n) is 4.01. The number of carbonyl (C=O) groups is 2. The van der Waals surface area contributed by atoms with Crippen molar-refractivity contribution in [1.29, 1.82) is 0 Å². The molecule has 1 aromatic carbocycles. The quantitative estimate of drug-likeness (QED) is 0.837. The van der Waals surface area contributed by atoms with E-state index in [9.17, 15) is 14.0 Å². The summed E-state index contributed by atoms with van der Waals surface area (Å²) in [6.45, 7) is 1.16. The SMILES string of the molecule is O=C(CCc1cccnc1)NC1CN(C(=O)c2ccc(F)cc2)CC1C1CC1. The van der Waals surface area contributed by atoms with Crippen molar-refractivity contribution in [1.82, 2.24) is 15.2 Å². The second-order valence-corrected chi connectivity index (χ2v) is 7.75. The molecule has 2 atom stereocenters. The Kier molecular flexibility index (Phi) is 5.37. The lowest BCUT2D eigenvalue weighted by Crippen LogP contribution is -2.41. The molecule has 28 heavy (non-hydrogen) atoms. The van der Waals surface area contributed by atoms with Gasteiger partial charge in [-0.1, -0.05) is 6.07 Å². The fourth-order valence-corrected chi connectivity index (χ4v) is 4.01. The zero-order valence-corrected chi connectivity index (χ0v) is 15.7. The minimum atomic E-state index is -0.354. The number of hydrogen-bond acceptors (Lipinski definition) is 3. The van der Waals surface area contributed by atoms with E-state index in [0.717, 1.165) is 18.4 Å². The van der Waals surface area contributed by atoms with Crippen molar-refractivity contribution in [3.8, 4) is 0 Å². The van der Waals surface area contributed by atoms with E-state index in [-0.39, 0.29) is 23.7 Å². The van der Waals surface area contributed by atoms with E-state index in [1.807, 2.05) is 12.1 Å². The first-order valence-electron chi connectivity index (χ1n) is 9.83. The van der Waals surface area contributed by atoms with Crippen LogP contribution in [0.5, 0.6) is 0 Å². The molecule has 1 N–H and O–H groups in total. The van der Waals surface area contributed by atoms with Crippen molar-refractivity contribution in [3.63, 3.8) is 0 Å². The molecule has 5 nitrogen and oxygen atoms in total. The maximum atomic E-state index is 13.1. The Morgan fingerprint density at radius 2 is 1.93 bits per heavy atom. The molecule has 2 aliphatic rings. The van der Waals surface area contributed by atoms with Crippen LogP contribution in [0.4, 0.5) is 4.39 Å². The molecule has 1 aromatic heterocycles. The monoisotopic (exact) mass is 381 g/mol. The third kappa shape index (κ3) is 4.38. The number of nitrogens with zero attached hydrogens (tertiary/aromatic N) is 2. The summed E-state index contributed by atoms with van der Waals surface area (Å²) in [6, 6.07) is 9.46. The highest BCUT2D eigenvalue weighted by atomic mass is 19.1. The maximum absolute atomic E-state index is 13.1. The van der Waals surface area contributed by atoms with Gasteiger partial charge >= 0.3 is 0 Å². The molecule has 1 aliphatic heterocycles. The van der Waals surface area contributed by atoms with Crippen LogP contribution in [0, 0.1) is 17.7 Å². The van der Waals surface area contributed by atoms with E-state index in [2.05, 4.69) is 10.3 Å². The summed E-state index contributed by atoms with van der Waals surface area (Å²) in [5.41, 5.74) is 1.52. The molecule has 1 aliphatic carbocycles. The van der Waals surface area contributed by atoms with E-state index < -0.39 is 0 Å². The summed E-state index contributed by atoms with van der Waals surface area (Å²) >= 11 is 0. The molecule has 6 heteroatoms. The van der Waals surface area contributed by atoms with Crippen LogP contribution in [0.25, 0.3) is 0 Å². The Balaban J connectivity index is 1.36. The zero-order valence-electron chi connectivity index (χ0n) is 15.7. The van der Waals surface area contributed by atoms with Crippen molar-refractivity contribution >= 4 is 11.8 Å². The number of benzene rings is 1. The van der Waals surface area contributed by atoms with Crippen LogP contribution in [-0.2, 0) is 11.2 Å². The van der Waals surface area contributed by atoms with Gasteiger partial charge in [0.15, 0.2) is 0 Å². The second-order valence-electron chi connectivity index (χ2n) is 7.75. The predicted molar refractivity (Wildman–Crippen MR) is 103 cm³/mol. The third-order valence-electron chi connectivity index (χ3n) is 5.68. The van der Waals surface area contributed by atoms with Gasteiger partial charge in [-0.3, -0.25) is 14.6 Å². The molecule has 0 radical (unpaired) electrons. The third-order valence-corrected chi connectivity index (χ3v) is 5.68. The van der Waals surface area contributed by atoms with Gasteiger partial charge < -0.3 is 10.2 Å². The molecule has 2 heterocycles. The average Bonchev–Trinajstić information content (AvgIpc) is 3.48. The summed E-state index contributed by atoms with van der Waals surface area (Å²) in [7, 11) is 0. The van der Waals surface area contributed by atoms with Crippen molar-refractivity contribution < 1.29 is 14.0 Å². The van der Waals surface area contributed by atoms with E-state index in [1.165, 1.54) is 24.3 Å². The van der Waals surface area contributed by atoms with Crippen molar-refractivity contribution in [2.45, 2.75) is 31.7 Å². The van der Waals surface area contributed by atoms with E-state index in [4.69, 9.17) is 0 Å². The zero-order chi connectivity index (χ0) is 19.5. The highest BCUT2D eigenvalue weighted by Gasteiger charge is 2.44. The number of likely N-dealkylation sites (tertiary alicyclic amines) is 1. The van der Waals surface area contributed by atoms with Crippen LogP contribution < -0.4 is 5.32 Å². The number of carbonyl (C=O) groups excluding carboxylic acids is 2.